The lowest BCUT2D eigenvalue weighted by Gasteiger charge is -2.15. The molecule has 0 saturated carbocycles. The van der Waals surface area contributed by atoms with Crippen molar-refractivity contribution < 1.29 is 4.74 Å². The Morgan fingerprint density at radius 1 is 1.41 bits per heavy atom. The predicted molar refractivity (Wildman–Crippen MR) is 77.9 cm³/mol. The summed E-state index contributed by atoms with van der Waals surface area (Å²) in [5, 5.41) is 6.91. The molecule has 94 valence electrons. The van der Waals surface area contributed by atoms with E-state index in [2.05, 4.69) is 42.5 Å². The highest BCUT2D eigenvalue weighted by molar-refractivity contribution is 9.11. The molecular formula is C12H16Br2N2O. The van der Waals surface area contributed by atoms with Crippen LogP contribution in [0.15, 0.2) is 21.1 Å². The summed E-state index contributed by atoms with van der Waals surface area (Å²) in [5.74, 6) is 0.843. The molecule has 0 aromatic heterocycles. The molecule has 17 heavy (non-hydrogen) atoms. The quantitative estimate of drug-likeness (QED) is 0.860. The molecule has 1 fully saturated rings. The maximum absolute atomic E-state index is 5.29. The van der Waals surface area contributed by atoms with Crippen LogP contribution in [0.3, 0.4) is 0 Å². The molecule has 1 aliphatic heterocycles. The van der Waals surface area contributed by atoms with E-state index in [-0.39, 0.29) is 0 Å². The summed E-state index contributed by atoms with van der Waals surface area (Å²) in [6.07, 6.45) is 2.52. The maximum atomic E-state index is 5.29. The number of rotatable bonds is 4. The molecule has 1 unspecified atom stereocenters. The van der Waals surface area contributed by atoms with E-state index in [1.807, 2.05) is 12.1 Å². The van der Waals surface area contributed by atoms with Crippen molar-refractivity contribution in [3.63, 3.8) is 0 Å². The summed E-state index contributed by atoms with van der Waals surface area (Å²) in [5.41, 5.74) is 1.07. The molecule has 0 amide bonds. The highest BCUT2D eigenvalue weighted by Gasteiger charge is 2.14. The van der Waals surface area contributed by atoms with Crippen LogP contribution in [-0.2, 0) is 0 Å². The first-order valence-electron chi connectivity index (χ1n) is 5.71. The van der Waals surface area contributed by atoms with Crippen LogP contribution in [-0.4, -0.2) is 26.2 Å². The molecule has 0 spiro atoms. The van der Waals surface area contributed by atoms with Gasteiger partial charge in [-0.3, -0.25) is 0 Å². The summed E-state index contributed by atoms with van der Waals surface area (Å²) in [6.45, 7) is 2.08. The zero-order valence-corrected chi connectivity index (χ0v) is 12.9. The molecule has 0 radical (unpaired) electrons. The topological polar surface area (TPSA) is 33.3 Å². The van der Waals surface area contributed by atoms with Crippen LogP contribution < -0.4 is 15.4 Å². The Kier molecular flexibility index (Phi) is 4.70. The summed E-state index contributed by atoms with van der Waals surface area (Å²) in [4.78, 5) is 0. The van der Waals surface area contributed by atoms with E-state index in [0.29, 0.717) is 6.04 Å². The van der Waals surface area contributed by atoms with Crippen LogP contribution >= 0.6 is 31.9 Å². The number of ether oxygens (including phenoxy) is 1. The van der Waals surface area contributed by atoms with E-state index < -0.39 is 0 Å². The fourth-order valence-corrected chi connectivity index (χ4v) is 3.28. The number of hydrogen-bond acceptors (Lipinski definition) is 3. The molecule has 1 saturated heterocycles. The van der Waals surface area contributed by atoms with Crippen molar-refractivity contribution in [1.82, 2.24) is 5.32 Å². The summed E-state index contributed by atoms with van der Waals surface area (Å²) in [7, 11) is 1.68. The highest BCUT2D eigenvalue weighted by atomic mass is 79.9. The fraction of sp³-hybridized carbons (Fsp3) is 0.500. The third-order valence-electron chi connectivity index (χ3n) is 2.94. The second-order valence-corrected chi connectivity index (χ2v) is 5.85. The van der Waals surface area contributed by atoms with Gasteiger partial charge in [0.05, 0.1) is 17.3 Å². The SMILES string of the molecule is COc1cc(NCC2CCCN2)c(Br)cc1Br. The second kappa shape index (κ2) is 6.07. The number of nitrogens with one attached hydrogen (secondary N) is 2. The minimum atomic E-state index is 0.580. The largest absolute Gasteiger partial charge is 0.495 e. The van der Waals surface area contributed by atoms with Crippen molar-refractivity contribution in [1.29, 1.82) is 0 Å². The van der Waals surface area contributed by atoms with E-state index in [1.165, 1.54) is 12.8 Å². The molecule has 0 aliphatic carbocycles. The van der Waals surface area contributed by atoms with Crippen molar-refractivity contribution in [2.24, 2.45) is 0 Å². The first kappa shape index (κ1) is 13.2. The Bertz CT molecular complexity index is 392. The van der Waals surface area contributed by atoms with Gasteiger partial charge in [-0.15, -0.1) is 0 Å². The summed E-state index contributed by atoms with van der Waals surface area (Å²) in [6, 6.07) is 4.59. The van der Waals surface area contributed by atoms with E-state index >= 15 is 0 Å². The molecule has 5 heteroatoms. The van der Waals surface area contributed by atoms with Crippen molar-refractivity contribution >= 4 is 37.5 Å². The minimum absolute atomic E-state index is 0.580. The lowest BCUT2D eigenvalue weighted by Crippen LogP contribution is -2.29. The van der Waals surface area contributed by atoms with Gasteiger partial charge >= 0.3 is 0 Å². The average molecular weight is 364 g/mol. The number of benzene rings is 1. The van der Waals surface area contributed by atoms with E-state index in [1.54, 1.807) is 7.11 Å². The standard InChI is InChI=1S/C12H16Br2N2O/c1-17-12-6-11(9(13)5-10(12)14)16-7-8-3-2-4-15-8/h5-6,8,15-16H,2-4,7H2,1H3. The van der Waals surface area contributed by atoms with E-state index in [0.717, 1.165) is 33.5 Å². The minimum Gasteiger partial charge on any atom is -0.495 e. The summed E-state index contributed by atoms with van der Waals surface area (Å²) >= 11 is 7.02. The monoisotopic (exact) mass is 362 g/mol. The van der Waals surface area contributed by atoms with Crippen LogP contribution in [0.1, 0.15) is 12.8 Å². The van der Waals surface area contributed by atoms with E-state index in [4.69, 9.17) is 4.74 Å². The molecule has 1 aliphatic rings. The van der Waals surface area contributed by atoms with Crippen molar-refractivity contribution in [2.75, 3.05) is 25.5 Å². The van der Waals surface area contributed by atoms with Gasteiger partial charge in [-0.1, -0.05) is 0 Å². The van der Waals surface area contributed by atoms with Crippen LogP contribution in [0.25, 0.3) is 0 Å². The molecule has 1 aromatic rings. The van der Waals surface area contributed by atoms with Crippen molar-refractivity contribution in [2.45, 2.75) is 18.9 Å². The normalized spacial score (nSPS) is 19.4. The first-order chi connectivity index (χ1) is 8.20. The van der Waals surface area contributed by atoms with Gasteiger partial charge in [0.25, 0.3) is 0 Å². The van der Waals surface area contributed by atoms with Gasteiger partial charge in [-0.2, -0.15) is 0 Å². The Morgan fingerprint density at radius 3 is 2.88 bits per heavy atom. The maximum Gasteiger partial charge on any atom is 0.135 e. The second-order valence-electron chi connectivity index (χ2n) is 4.14. The van der Waals surface area contributed by atoms with Crippen LogP contribution in [0.2, 0.25) is 0 Å². The molecular weight excluding hydrogens is 348 g/mol. The Balaban J connectivity index is 2.03. The average Bonchev–Trinajstić information content (AvgIpc) is 2.81. The van der Waals surface area contributed by atoms with Gasteiger partial charge in [0.2, 0.25) is 0 Å². The third-order valence-corrected chi connectivity index (χ3v) is 4.22. The lowest BCUT2D eigenvalue weighted by molar-refractivity contribution is 0.412. The smallest absolute Gasteiger partial charge is 0.135 e. The third kappa shape index (κ3) is 3.36. The van der Waals surface area contributed by atoms with Gasteiger partial charge < -0.3 is 15.4 Å². The number of hydrogen-bond donors (Lipinski definition) is 2. The molecule has 1 heterocycles. The summed E-state index contributed by atoms with van der Waals surface area (Å²) < 4.78 is 7.29. The Morgan fingerprint density at radius 2 is 2.24 bits per heavy atom. The molecule has 1 aromatic carbocycles. The van der Waals surface area contributed by atoms with Crippen LogP contribution in [0, 0.1) is 0 Å². The van der Waals surface area contributed by atoms with Crippen LogP contribution in [0.4, 0.5) is 5.69 Å². The van der Waals surface area contributed by atoms with Crippen LogP contribution in [0.5, 0.6) is 5.75 Å². The lowest BCUT2D eigenvalue weighted by atomic mass is 10.2. The molecule has 0 bridgehead atoms. The number of anilines is 1. The Hall–Kier alpha value is -0.260. The molecule has 2 N–H and O–H groups in total. The number of methoxy groups -OCH3 is 1. The van der Waals surface area contributed by atoms with Gasteiger partial charge in [-0.25, -0.2) is 0 Å². The Labute approximate surface area is 119 Å². The zero-order valence-electron chi connectivity index (χ0n) is 9.72. The molecule has 3 nitrogen and oxygen atoms in total. The van der Waals surface area contributed by atoms with Gasteiger partial charge in [0.1, 0.15) is 5.75 Å². The highest BCUT2D eigenvalue weighted by Crippen LogP contribution is 2.34. The molecule has 1 atom stereocenters. The van der Waals surface area contributed by atoms with Gasteiger partial charge in [0, 0.05) is 23.1 Å². The molecule has 2 rings (SSSR count). The van der Waals surface area contributed by atoms with Gasteiger partial charge in [0.15, 0.2) is 0 Å². The van der Waals surface area contributed by atoms with Crippen molar-refractivity contribution in [3.8, 4) is 5.75 Å². The van der Waals surface area contributed by atoms with Gasteiger partial charge in [-0.05, 0) is 57.3 Å². The zero-order chi connectivity index (χ0) is 12.3. The number of halogens is 2. The predicted octanol–water partition coefficient (Wildman–Crippen LogP) is 3.38. The fourth-order valence-electron chi connectivity index (χ4n) is 1.99. The first-order valence-corrected chi connectivity index (χ1v) is 7.29. The van der Waals surface area contributed by atoms with E-state index in [9.17, 15) is 0 Å². The van der Waals surface area contributed by atoms with Crippen molar-refractivity contribution in [3.05, 3.63) is 21.1 Å².